The number of hydrogen-bond donors (Lipinski definition) is 1. The SMILES string of the molecule is CN1CC(=O)N(c2ccccc2C2(CN)CC2)CC1=O. The van der Waals surface area contributed by atoms with E-state index in [9.17, 15) is 9.59 Å². The monoisotopic (exact) mass is 273 g/mol. The van der Waals surface area contributed by atoms with Crippen molar-refractivity contribution >= 4 is 17.5 Å². The van der Waals surface area contributed by atoms with Crippen molar-refractivity contribution in [3.8, 4) is 0 Å². The number of amides is 2. The van der Waals surface area contributed by atoms with Crippen LogP contribution in [0.3, 0.4) is 0 Å². The largest absolute Gasteiger partial charge is 0.335 e. The average Bonchev–Trinajstić information content (AvgIpc) is 3.24. The predicted octanol–water partition coefficient (Wildman–Crippen LogP) is 0.482. The Labute approximate surface area is 118 Å². The summed E-state index contributed by atoms with van der Waals surface area (Å²) in [5.41, 5.74) is 7.86. The van der Waals surface area contributed by atoms with Crippen LogP contribution in [0.2, 0.25) is 0 Å². The van der Waals surface area contributed by atoms with Gasteiger partial charge >= 0.3 is 0 Å². The van der Waals surface area contributed by atoms with E-state index < -0.39 is 0 Å². The molecular weight excluding hydrogens is 254 g/mol. The lowest BCUT2D eigenvalue weighted by Gasteiger charge is -2.34. The first-order valence-electron chi connectivity index (χ1n) is 6.91. The number of rotatable bonds is 3. The fraction of sp³-hybridized carbons (Fsp3) is 0.467. The van der Waals surface area contributed by atoms with Gasteiger partial charge in [0, 0.05) is 24.7 Å². The van der Waals surface area contributed by atoms with Crippen molar-refractivity contribution in [2.45, 2.75) is 18.3 Å². The van der Waals surface area contributed by atoms with Gasteiger partial charge in [0.2, 0.25) is 11.8 Å². The van der Waals surface area contributed by atoms with E-state index in [1.165, 1.54) is 4.90 Å². The molecule has 0 atom stereocenters. The lowest BCUT2D eigenvalue weighted by Crippen LogP contribution is -2.52. The number of carbonyl (C=O) groups excluding carboxylic acids is 2. The summed E-state index contributed by atoms with van der Waals surface area (Å²) >= 11 is 0. The molecule has 1 aliphatic carbocycles. The van der Waals surface area contributed by atoms with Crippen molar-refractivity contribution in [3.63, 3.8) is 0 Å². The number of anilines is 1. The molecule has 5 heteroatoms. The molecule has 0 radical (unpaired) electrons. The second-order valence-corrected chi connectivity index (χ2v) is 5.73. The van der Waals surface area contributed by atoms with E-state index in [1.54, 1.807) is 11.9 Å². The molecule has 2 amide bonds. The summed E-state index contributed by atoms with van der Waals surface area (Å²) in [4.78, 5) is 27.2. The van der Waals surface area contributed by atoms with Crippen LogP contribution in [0.5, 0.6) is 0 Å². The quantitative estimate of drug-likeness (QED) is 0.871. The van der Waals surface area contributed by atoms with Gasteiger partial charge in [-0.1, -0.05) is 18.2 Å². The third kappa shape index (κ3) is 1.98. The Balaban J connectivity index is 1.98. The van der Waals surface area contributed by atoms with Gasteiger partial charge in [0.15, 0.2) is 0 Å². The zero-order valence-corrected chi connectivity index (χ0v) is 11.6. The highest BCUT2D eigenvalue weighted by Crippen LogP contribution is 2.50. The van der Waals surface area contributed by atoms with Crippen LogP contribution in [0, 0.1) is 0 Å². The van der Waals surface area contributed by atoms with Gasteiger partial charge in [-0.15, -0.1) is 0 Å². The molecule has 2 fully saturated rings. The Morgan fingerprint density at radius 3 is 2.50 bits per heavy atom. The van der Waals surface area contributed by atoms with Crippen molar-refractivity contribution in [2.75, 3.05) is 31.6 Å². The summed E-state index contributed by atoms with van der Waals surface area (Å²) in [5, 5.41) is 0. The van der Waals surface area contributed by atoms with E-state index in [0.717, 1.165) is 24.1 Å². The van der Waals surface area contributed by atoms with Crippen LogP contribution >= 0.6 is 0 Å². The Bertz CT molecular complexity index is 566. The lowest BCUT2D eigenvalue weighted by atomic mass is 9.93. The molecule has 5 nitrogen and oxygen atoms in total. The summed E-state index contributed by atoms with van der Waals surface area (Å²) < 4.78 is 0. The third-order valence-electron chi connectivity index (χ3n) is 4.40. The smallest absolute Gasteiger partial charge is 0.247 e. The van der Waals surface area contributed by atoms with Crippen molar-refractivity contribution < 1.29 is 9.59 Å². The topological polar surface area (TPSA) is 66.6 Å². The van der Waals surface area contributed by atoms with Crippen molar-refractivity contribution in [1.82, 2.24) is 4.90 Å². The first-order chi connectivity index (χ1) is 9.57. The summed E-state index contributed by atoms with van der Waals surface area (Å²) in [6, 6.07) is 7.82. The normalized spacial score (nSPS) is 21.3. The summed E-state index contributed by atoms with van der Waals surface area (Å²) in [5.74, 6) is -0.0654. The fourth-order valence-corrected chi connectivity index (χ4v) is 2.83. The summed E-state index contributed by atoms with van der Waals surface area (Å²) in [6.45, 7) is 0.843. The van der Waals surface area contributed by atoms with Gasteiger partial charge in [-0.3, -0.25) is 9.59 Å². The molecular formula is C15H19N3O2. The van der Waals surface area contributed by atoms with Crippen LogP contribution in [0.25, 0.3) is 0 Å². The molecule has 1 aromatic rings. The number of nitrogens with two attached hydrogens (primary N) is 1. The van der Waals surface area contributed by atoms with Gasteiger partial charge < -0.3 is 15.5 Å². The van der Waals surface area contributed by atoms with Gasteiger partial charge in [-0.25, -0.2) is 0 Å². The first-order valence-corrected chi connectivity index (χ1v) is 6.91. The van der Waals surface area contributed by atoms with Crippen LogP contribution in [0.1, 0.15) is 18.4 Å². The van der Waals surface area contributed by atoms with Gasteiger partial charge in [0.25, 0.3) is 0 Å². The minimum atomic E-state index is -0.0348. The van der Waals surface area contributed by atoms with Gasteiger partial charge in [0.1, 0.15) is 6.54 Å². The van der Waals surface area contributed by atoms with E-state index >= 15 is 0 Å². The number of hydrogen-bond acceptors (Lipinski definition) is 3. The maximum Gasteiger partial charge on any atom is 0.247 e. The highest BCUT2D eigenvalue weighted by Gasteiger charge is 2.45. The molecule has 3 rings (SSSR count). The van der Waals surface area contributed by atoms with Crippen LogP contribution in [-0.2, 0) is 15.0 Å². The third-order valence-corrected chi connectivity index (χ3v) is 4.40. The maximum atomic E-state index is 12.2. The summed E-state index contributed by atoms with van der Waals surface area (Å²) in [6.07, 6.45) is 2.10. The Kier molecular flexibility index (Phi) is 3.01. The number of piperazine rings is 1. The number of carbonyl (C=O) groups is 2. The van der Waals surface area contributed by atoms with Crippen LogP contribution < -0.4 is 10.6 Å². The number of benzene rings is 1. The van der Waals surface area contributed by atoms with Gasteiger partial charge in [0.05, 0.1) is 6.54 Å². The fourth-order valence-electron chi connectivity index (χ4n) is 2.83. The molecule has 0 unspecified atom stereocenters. The van der Waals surface area contributed by atoms with Crippen molar-refractivity contribution in [3.05, 3.63) is 29.8 Å². The number of likely N-dealkylation sites (N-methyl/N-ethyl adjacent to an activating group) is 1. The molecule has 2 N–H and O–H groups in total. The summed E-state index contributed by atoms with van der Waals surface area (Å²) in [7, 11) is 1.66. The number of nitrogens with zero attached hydrogens (tertiary/aromatic N) is 2. The van der Waals surface area contributed by atoms with Crippen LogP contribution in [0.15, 0.2) is 24.3 Å². The van der Waals surface area contributed by atoms with E-state index in [0.29, 0.717) is 6.54 Å². The van der Waals surface area contributed by atoms with Crippen LogP contribution in [0.4, 0.5) is 5.69 Å². The maximum absolute atomic E-state index is 12.2. The lowest BCUT2D eigenvalue weighted by molar-refractivity contribution is -0.136. The highest BCUT2D eigenvalue weighted by atomic mass is 16.2. The molecule has 1 aliphatic heterocycles. The minimum Gasteiger partial charge on any atom is -0.335 e. The van der Waals surface area contributed by atoms with Crippen LogP contribution in [-0.4, -0.2) is 43.4 Å². The van der Waals surface area contributed by atoms with E-state index in [1.807, 2.05) is 24.3 Å². The molecule has 1 saturated carbocycles. The molecule has 2 aliphatic rings. The predicted molar refractivity (Wildman–Crippen MR) is 76.4 cm³/mol. The Morgan fingerprint density at radius 2 is 1.85 bits per heavy atom. The molecule has 0 spiro atoms. The zero-order chi connectivity index (χ0) is 14.3. The highest BCUT2D eigenvalue weighted by molar-refractivity contribution is 6.05. The molecule has 0 bridgehead atoms. The standard InChI is InChI=1S/C15H19N3O2/c1-17-8-14(20)18(9-13(17)19)12-5-3-2-4-11(12)15(10-16)6-7-15/h2-5H,6-10,16H2,1H3. The second-order valence-electron chi connectivity index (χ2n) is 5.73. The second kappa shape index (κ2) is 4.59. The van der Waals surface area contributed by atoms with Gasteiger partial charge in [-0.2, -0.15) is 0 Å². The molecule has 20 heavy (non-hydrogen) atoms. The van der Waals surface area contributed by atoms with E-state index in [4.69, 9.17) is 5.73 Å². The van der Waals surface area contributed by atoms with E-state index in [-0.39, 0.29) is 30.3 Å². The van der Waals surface area contributed by atoms with Crippen molar-refractivity contribution in [1.29, 1.82) is 0 Å². The molecule has 1 saturated heterocycles. The molecule has 1 aromatic carbocycles. The van der Waals surface area contributed by atoms with E-state index in [2.05, 4.69) is 0 Å². The molecule has 106 valence electrons. The minimum absolute atomic E-state index is 0.00324. The first kappa shape index (κ1) is 13.1. The number of para-hydroxylation sites is 1. The van der Waals surface area contributed by atoms with Crippen molar-refractivity contribution in [2.24, 2.45) is 5.73 Å². The average molecular weight is 273 g/mol. The molecule has 0 aromatic heterocycles. The Hall–Kier alpha value is -1.88. The van der Waals surface area contributed by atoms with Gasteiger partial charge in [-0.05, 0) is 24.5 Å². The molecule has 1 heterocycles. The Morgan fingerprint density at radius 1 is 1.15 bits per heavy atom. The zero-order valence-electron chi connectivity index (χ0n) is 11.6.